The Hall–Kier alpha value is -2.24. The van der Waals surface area contributed by atoms with E-state index in [9.17, 15) is 4.79 Å². The van der Waals surface area contributed by atoms with Crippen LogP contribution in [-0.4, -0.2) is 41.6 Å². The van der Waals surface area contributed by atoms with E-state index in [2.05, 4.69) is 4.98 Å². The Morgan fingerprint density at radius 1 is 1.12 bits per heavy atom. The maximum absolute atomic E-state index is 12.3. The summed E-state index contributed by atoms with van der Waals surface area (Å²) >= 11 is 0. The molecule has 1 fully saturated rings. The standard InChI is InChI=1S/C20H24N2O3/c23-20(16-24-14-17-6-2-1-3-7-17)22-11-5-9-19(13-22)25-15-18-8-4-10-21-12-18/h1-4,6-8,10,12,19H,5,9,11,13-16H2/t19-/m0/s1. The van der Waals surface area contributed by atoms with Gasteiger partial charge >= 0.3 is 0 Å². The lowest BCUT2D eigenvalue weighted by Crippen LogP contribution is -2.44. The maximum atomic E-state index is 12.3. The number of hydrogen-bond acceptors (Lipinski definition) is 4. The number of carbonyl (C=O) groups excluding carboxylic acids is 1. The minimum absolute atomic E-state index is 0.0330. The Morgan fingerprint density at radius 2 is 1.96 bits per heavy atom. The maximum Gasteiger partial charge on any atom is 0.248 e. The van der Waals surface area contributed by atoms with Gasteiger partial charge < -0.3 is 14.4 Å². The third-order valence-corrected chi connectivity index (χ3v) is 4.28. The topological polar surface area (TPSA) is 51.7 Å². The summed E-state index contributed by atoms with van der Waals surface area (Å²) in [5.74, 6) is 0.0330. The Kier molecular flexibility index (Phi) is 6.54. The largest absolute Gasteiger partial charge is 0.372 e. The van der Waals surface area contributed by atoms with Crippen molar-refractivity contribution in [1.29, 1.82) is 0 Å². The monoisotopic (exact) mass is 340 g/mol. The Morgan fingerprint density at radius 3 is 2.76 bits per heavy atom. The molecular formula is C20H24N2O3. The van der Waals surface area contributed by atoms with Gasteiger partial charge in [0.2, 0.25) is 5.91 Å². The van der Waals surface area contributed by atoms with Crippen LogP contribution in [0.15, 0.2) is 54.9 Å². The van der Waals surface area contributed by atoms with Gasteiger partial charge in [-0.3, -0.25) is 9.78 Å². The fourth-order valence-electron chi connectivity index (χ4n) is 2.92. The van der Waals surface area contributed by atoms with Crippen LogP contribution in [0.3, 0.4) is 0 Å². The van der Waals surface area contributed by atoms with Gasteiger partial charge in [-0.1, -0.05) is 36.4 Å². The molecule has 2 aromatic rings. The smallest absolute Gasteiger partial charge is 0.248 e. The average Bonchev–Trinajstić information content (AvgIpc) is 2.68. The van der Waals surface area contributed by atoms with E-state index in [1.165, 1.54) is 0 Å². The number of pyridine rings is 1. The molecule has 3 rings (SSSR count). The number of nitrogens with zero attached hydrogens (tertiary/aromatic N) is 2. The zero-order valence-electron chi connectivity index (χ0n) is 14.3. The van der Waals surface area contributed by atoms with E-state index in [1.54, 1.807) is 6.20 Å². The molecule has 5 heteroatoms. The fraction of sp³-hybridized carbons (Fsp3) is 0.400. The Labute approximate surface area is 148 Å². The summed E-state index contributed by atoms with van der Waals surface area (Å²) in [5, 5.41) is 0. The highest BCUT2D eigenvalue weighted by Gasteiger charge is 2.24. The van der Waals surface area contributed by atoms with E-state index in [0.29, 0.717) is 19.8 Å². The first-order valence-corrected chi connectivity index (χ1v) is 8.71. The summed E-state index contributed by atoms with van der Waals surface area (Å²) in [4.78, 5) is 18.3. The zero-order chi connectivity index (χ0) is 17.3. The molecule has 1 atom stereocenters. The predicted octanol–water partition coefficient (Wildman–Crippen LogP) is 2.81. The van der Waals surface area contributed by atoms with Gasteiger partial charge in [-0.05, 0) is 30.0 Å². The van der Waals surface area contributed by atoms with Gasteiger partial charge in [0.25, 0.3) is 0 Å². The van der Waals surface area contributed by atoms with Crippen LogP contribution in [0.25, 0.3) is 0 Å². The molecule has 0 unspecified atom stereocenters. The molecule has 0 radical (unpaired) electrons. The molecule has 132 valence electrons. The minimum Gasteiger partial charge on any atom is -0.372 e. The summed E-state index contributed by atoms with van der Waals surface area (Å²) in [6.45, 7) is 2.52. The molecule has 1 aliphatic heterocycles. The number of benzene rings is 1. The molecule has 5 nitrogen and oxygen atoms in total. The van der Waals surface area contributed by atoms with Gasteiger partial charge in [0.15, 0.2) is 0 Å². The van der Waals surface area contributed by atoms with Gasteiger partial charge in [0.05, 0.1) is 19.3 Å². The van der Waals surface area contributed by atoms with Crippen molar-refractivity contribution in [2.24, 2.45) is 0 Å². The highest BCUT2D eigenvalue weighted by Crippen LogP contribution is 2.15. The van der Waals surface area contributed by atoms with E-state index in [1.807, 2.05) is 53.6 Å². The molecule has 0 aliphatic carbocycles. The van der Waals surface area contributed by atoms with Gasteiger partial charge in [0.1, 0.15) is 6.61 Å². The van der Waals surface area contributed by atoms with Crippen molar-refractivity contribution in [3.63, 3.8) is 0 Å². The van der Waals surface area contributed by atoms with Gasteiger partial charge in [-0.25, -0.2) is 0 Å². The van der Waals surface area contributed by atoms with Crippen LogP contribution >= 0.6 is 0 Å². The van der Waals surface area contributed by atoms with E-state index in [0.717, 1.165) is 30.5 Å². The molecule has 1 saturated heterocycles. The van der Waals surface area contributed by atoms with Gasteiger partial charge in [-0.15, -0.1) is 0 Å². The highest BCUT2D eigenvalue weighted by molar-refractivity contribution is 5.77. The molecule has 2 heterocycles. The van der Waals surface area contributed by atoms with Gasteiger partial charge in [0, 0.05) is 25.5 Å². The van der Waals surface area contributed by atoms with Gasteiger partial charge in [-0.2, -0.15) is 0 Å². The second kappa shape index (κ2) is 9.30. The first-order valence-electron chi connectivity index (χ1n) is 8.71. The Balaban J connectivity index is 1.40. The first-order chi connectivity index (χ1) is 12.3. The predicted molar refractivity (Wildman–Crippen MR) is 94.7 cm³/mol. The summed E-state index contributed by atoms with van der Waals surface area (Å²) in [7, 11) is 0. The van der Waals surface area contributed by atoms with Crippen molar-refractivity contribution < 1.29 is 14.3 Å². The molecule has 0 N–H and O–H groups in total. The summed E-state index contributed by atoms with van der Waals surface area (Å²) in [6.07, 6.45) is 5.58. The van der Waals surface area contributed by atoms with Crippen LogP contribution in [-0.2, 0) is 27.5 Å². The minimum atomic E-state index is 0.0330. The number of carbonyl (C=O) groups is 1. The molecule has 1 amide bonds. The quantitative estimate of drug-likeness (QED) is 0.778. The van der Waals surface area contributed by atoms with Crippen molar-refractivity contribution in [3.8, 4) is 0 Å². The summed E-state index contributed by atoms with van der Waals surface area (Å²) in [5.41, 5.74) is 2.13. The number of amides is 1. The lowest BCUT2D eigenvalue weighted by atomic mass is 10.1. The third kappa shape index (κ3) is 5.66. The van der Waals surface area contributed by atoms with Crippen molar-refractivity contribution in [2.45, 2.75) is 32.2 Å². The second-order valence-corrected chi connectivity index (χ2v) is 6.25. The SMILES string of the molecule is O=C(COCc1ccccc1)N1CCC[C@H](OCc2cccnc2)C1. The Bertz CT molecular complexity index is 649. The highest BCUT2D eigenvalue weighted by atomic mass is 16.5. The summed E-state index contributed by atoms with van der Waals surface area (Å²) in [6, 6.07) is 13.8. The number of ether oxygens (including phenoxy) is 2. The molecular weight excluding hydrogens is 316 g/mol. The molecule has 1 aliphatic rings. The van der Waals surface area contributed by atoms with Crippen molar-refractivity contribution in [3.05, 3.63) is 66.0 Å². The molecule has 0 bridgehead atoms. The normalized spacial score (nSPS) is 17.4. The second-order valence-electron chi connectivity index (χ2n) is 6.25. The van der Waals surface area contributed by atoms with Crippen LogP contribution in [0.5, 0.6) is 0 Å². The molecule has 0 spiro atoms. The van der Waals surface area contributed by atoms with Crippen molar-refractivity contribution in [1.82, 2.24) is 9.88 Å². The summed E-state index contributed by atoms with van der Waals surface area (Å²) < 4.78 is 11.5. The van der Waals surface area contributed by atoms with Crippen molar-refractivity contribution in [2.75, 3.05) is 19.7 Å². The van der Waals surface area contributed by atoms with E-state index in [-0.39, 0.29) is 18.6 Å². The number of piperidine rings is 1. The van der Waals surface area contributed by atoms with E-state index < -0.39 is 0 Å². The first kappa shape index (κ1) is 17.6. The van der Waals surface area contributed by atoms with E-state index in [4.69, 9.17) is 9.47 Å². The lowest BCUT2D eigenvalue weighted by Gasteiger charge is -2.32. The third-order valence-electron chi connectivity index (χ3n) is 4.28. The molecule has 0 saturated carbocycles. The molecule has 25 heavy (non-hydrogen) atoms. The number of rotatable bonds is 7. The van der Waals surface area contributed by atoms with Crippen LogP contribution < -0.4 is 0 Å². The van der Waals surface area contributed by atoms with Crippen LogP contribution in [0.4, 0.5) is 0 Å². The fourth-order valence-corrected chi connectivity index (χ4v) is 2.92. The molecule has 1 aromatic heterocycles. The molecule has 1 aromatic carbocycles. The average molecular weight is 340 g/mol. The van der Waals surface area contributed by atoms with Crippen LogP contribution in [0.1, 0.15) is 24.0 Å². The number of hydrogen-bond donors (Lipinski definition) is 0. The van der Waals surface area contributed by atoms with E-state index >= 15 is 0 Å². The number of likely N-dealkylation sites (tertiary alicyclic amines) is 1. The lowest BCUT2D eigenvalue weighted by molar-refractivity contribution is -0.141. The zero-order valence-corrected chi connectivity index (χ0v) is 14.3. The van der Waals surface area contributed by atoms with Crippen molar-refractivity contribution >= 4 is 5.91 Å². The van der Waals surface area contributed by atoms with Crippen LogP contribution in [0.2, 0.25) is 0 Å². The number of aromatic nitrogens is 1. The van der Waals surface area contributed by atoms with Crippen LogP contribution in [0, 0.1) is 0 Å².